The molecule has 0 unspecified atom stereocenters. The van der Waals surface area contributed by atoms with Gasteiger partial charge in [-0.25, -0.2) is 4.79 Å². The number of hydrogen-bond donors (Lipinski definition) is 2. The smallest absolute Gasteiger partial charge is 0.332 e. The summed E-state index contributed by atoms with van der Waals surface area (Å²) in [5.74, 6) is -1.36. The topological polar surface area (TPSA) is 92.9 Å². The van der Waals surface area contributed by atoms with Crippen LogP contribution in [0.5, 0.6) is 0 Å². The molecule has 0 aliphatic carbocycles. The Labute approximate surface area is 107 Å². The Morgan fingerprint density at radius 2 is 2.06 bits per heavy atom. The van der Waals surface area contributed by atoms with Gasteiger partial charge in [-0.05, 0) is 33.6 Å². The standard InChI is InChI=1S/C12H22N2O4/c1-11(2,3)18-8-12(10(16)17)5-4-6-14(12)9(15)7-13/h4-8,13H2,1-3H3,(H,16,17)/t12-/m1/s1. The van der Waals surface area contributed by atoms with E-state index in [4.69, 9.17) is 10.5 Å². The number of carbonyl (C=O) groups is 2. The number of nitrogens with two attached hydrogens (primary N) is 1. The van der Waals surface area contributed by atoms with Gasteiger partial charge in [0.25, 0.3) is 0 Å². The second-order valence-corrected chi connectivity index (χ2v) is 5.59. The summed E-state index contributed by atoms with van der Waals surface area (Å²) in [5, 5.41) is 9.46. The molecule has 0 aromatic heterocycles. The van der Waals surface area contributed by atoms with Gasteiger partial charge in [0, 0.05) is 6.54 Å². The highest BCUT2D eigenvalue weighted by molar-refractivity contribution is 5.88. The monoisotopic (exact) mass is 258 g/mol. The number of nitrogens with zero attached hydrogens (tertiary/aromatic N) is 1. The molecule has 0 saturated carbocycles. The molecule has 3 N–H and O–H groups in total. The number of amides is 1. The molecule has 1 amide bonds. The van der Waals surface area contributed by atoms with Crippen LogP contribution < -0.4 is 5.73 Å². The van der Waals surface area contributed by atoms with Gasteiger partial charge in [-0.15, -0.1) is 0 Å². The van der Waals surface area contributed by atoms with Crippen molar-refractivity contribution in [3.8, 4) is 0 Å². The van der Waals surface area contributed by atoms with Gasteiger partial charge in [-0.3, -0.25) is 4.79 Å². The minimum Gasteiger partial charge on any atom is -0.479 e. The molecule has 0 aromatic carbocycles. The third kappa shape index (κ3) is 3.00. The van der Waals surface area contributed by atoms with E-state index in [2.05, 4.69) is 0 Å². The molecular formula is C12H22N2O4. The maximum Gasteiger partial charge on any atom is 0.332 e. The Hall–Kier alpha value is -1.14. The fraction of sp³-hybridized carbons (Fsp3) is 0.833. The first-order chi connectivity index (χ1) is 8.23. The molecule has 1 aliphatic heterocycles. The summed E-state index contributed by atoms with van der Waals surface area (Å²) < 4.78 is 5.59. The van der Waals surface area contributed by atoms with Gasteiger partial charge in [-0.1, -0.05) is 0 Å². The molecule has 0 aromatic rings. The van der Waals surface area contributed by atoms with E-state index in [1.807, 2.05) is 20.8 Å². The van der Waals surface area contributed by atoms with Crippen molar-refractivity contribution in [3.05, 3.63) is 0 Å². The second-order valence-electron chi connectivity index (χ2n) is 5.59. The van der Waals surface area contributed by atoms with Crippen LogP contribution in [0.15, 0.2) is 0 Å². The van der Waals surface area contributed by atoms with Crippen molar-refractivity contribution in [2.45, 2.75) is 44.8 Å². The molecule has 1 atom stereocenters. The normalized spacial score (nSPS) is 24.3. The molecule has 0 spiro atoms. The minimum atomic E-state index is -1.26. The van der Waals surface area contributed by atoms with Gasteiger partial charge in [0.15, 0.2) is 5.54 Å². The van der Waals surface area contributed by atoms with Crippen molar-refractivity contribution in [2.24, 2.45) is 5.73 Å². The lowest BCUT2D eigenvalue weighted by molar-refractivity contribution is -0.164. The van der Waals surface area contributed by atoms with Crippen LogP contribution in [0.3, 0.4) is 0 Å². The van der Waals surface area contributed by atoms with Crippen molar-refractivity contribution in [1.82, 2.24) is 4.90 Å². The Kier molecular flexibility index (Phi) is 4.34. The first-order valence-electron chi connectivity index (χ1n) is 6.11. The molecule has 0 radical (unpaired) electrons. The van der Waals surface area contributed by atoms with Crippen LogP contribution >= 0.6 is 0 Å². The van der Waals surface area contributed by atoms with E-state index in [-0.39, 0.29) is 19.1 Å². The highest BCUT2D eigenvalue weighted by Gasteiger charge is 2.50. The van der Waals surface area contributed by atoms with E-state index in [0.29, 0.717) is 19.4 Å². The quantitative estimate of drug-likeness (QED) is 0.751. The zero-order valence-corrected chi connectivity index (χ0v) is 11.2. The van der Waals surface area contributed by atoms with E-state index < -0.39 is 17.1 Å². The van der Waals surface area contributed by atoms with Crippen LogP contribution in [0.4, 0.5) is 0 Å². The van der Waals surface area contributed by atoms with Crippen molar-refractivity contribution in [2.75, 3.05) is 19.7 Å². The summed E-state index contributed by atoms with van der Waals surface area (Å²) >= 11 is 0. The largest absolute Gasteiger partial charge is 0.479 e. The fourth-order valence-corrected chi connectivity index (χ4v) is 2.12. The number of ether oxygens (including phenoxy) is 1. The summed E-state index contributed by atoms with van der Waals surface area (Å²) in [6, 6.07) is 0. The highest BCUT2D eigenvalue weighted by Crippen LogP contribution is 2.31. The van der Waals surface area contributed by atoms with Gasteiger partial charge in [0.05, 0.1) is 18.8 Å². The number of carboxylic acids is 1. The third-order valence-electron chi connectivity index (χ3n) is 3.11. The Balaban J connectivity index is 2.92. The van der Waals surface area contributed by atoms with Crippen LogP contribution in [0.2, 0.25) is 0 Å². The molecule has 0 bridgehead atoms. The number of likely N-dealkylation sites (tertiary alicyclic amines) is 1. The first-order valence-corrected chi connectivity index (χ1v) is 6.11. The lowest BCUT2D eigenvalue weighted by atomic mass is 9.96. The summed E-state index contributed by atoms with van der Waals surface area (Å²) in [4.78, 5) is 24.6. The lowest BCUT2D eigenvalue weighted by Crippen LogP contribution is -2.58. The SMILES string of the molecule is CC(C)(C)OC[C@@]1(C(=O)O)CCCN1C(=O)CN. The predicted molar refractivity (Wildman–Crippen MR) is 66.1 cm³/mol. The van der Waals surface area contributed by atoms with Crippen LogP contribution in [0.25, 0.3) is 0 Å². The molecule has 6 heteroatoms. The lowest BCUT2D eigenvalue weighted by Gasteiger charge is -2.36. The molecular weight excluding hydrogens is 236 g/mol. The zero-order chi connectivity index (χ0) is 14.0. The predicted octanol–water partition coefficient (Wildman–Crippen LogP) is 0.206. The van der Waals surface area contributed by atoms with Gasteiger partial charge >= 0.3 is 5.97 Å². The van der Waals surface area contributed by atoms with Crippen molar-refractivity contribution in [3.63, 3.8) is 0 Å². The number of carbonyl (C=O) groups excluding carboxylic acids is 1. The van der Waals surface area contributed by atoms with Gasteiger partial charge in [-0.2, -0.15) is 0 Å². The van der Waals surface area contributed by atoms with Crippen molar-refractivity contribution in [1.29, 1.82) is 0 Å². The molecule has 1 heterocycles. The summed E-state index contributed by atoms with van der Waals surface area (Å²) in [7, 11) is 0. The van der Waals surface area contributed by atoms with Gasteiger partial charge < -0.3 is 20.5 Å². The first kappa shape index (κ1) is 14.9. The van der Waals surface area contributed by atoms with E-state index in [0.717, 1.165) is 0 Å². The number of hydrogen-bond acceptors (Lipinski definition) is 4. The minimum absolute atomic E-state index is 0.00241. The average Bonchev–Trinajstić information content (AvgIpc) is 2.69. The van der Waals surface area contributed by atoms with Gasteiger partial charge in [0.2, 0.25) is 5.91 Å². The highest BCUT2D eigenvalue weighted by atomic mass is 16.5. The van der Waals surface area contributed by atoms with Crippen LogP contribution in [-0.4, -0.2) is 52.7 Å². The van der Waals surface area contributed by atoms with Crippen molar-refractivity contribution >= 4 is 11.9 Å². The number of aliphatic carboxylic acids is 1. The Morgan fingerprint density at radius 3 is 2.50 bits per heavy atom. The van der Waals surface area contributed by atoms with Gasteiger partial charge in [0.1, 0.15) is 0 Å². The van der Waals surface area contributed by atoms with E-state index in [1.54, 1.807) is 0 Å². The molecule has 104 valence electrons. The second kappa shape index (κ2) is 5.24. The summed E-state index contributed by atoms with van der Waals surface area (Å²) in [6.45, 7) is 5.81. The summed E-state index contributed by atoms with van der Waals surface area (Å²) in [5.41, 5.74) is 3.63. The molecule has 1 saturated heterocycles. The van der Waals surface area contributed by atoms with Crippen LogP contribution in [-0.2, 0) is 14.3 Å². The fourth-order valence-electron chi connectivity index (χ4n) is 2.12. The maximum atomic E-state index is 11.7. The Bertz CT molecular complexity index is 337. The zero-order valence-electron chi connectivity index (χ0n) is 11.2. The van der Waals surface area contributed by atoms with E-state index in [1.165, 1.54) is 4.90 Å². The number of rotatable bonds is 4. The van der Waals surface area contributed by atoms with Crippen LogP contribution in [0.1, 0.15) is 33.6 Å². The number of carboxylic acid groups (broad SMARTS) is 1. The summed E-state index contributed by atoms with van der Waals surface area (Å²) in [6.07, 6.45) is 1.07. The van der Waals surface area contributed by atoms with Crippen molar-refractivity contribution < 1.29 is 19.4 Å². The molecule has 1 rings (SSSR count). The average molecular weight is 258 g/mol. The molecule has 6 nitrogen and oxygen atoms in total. The van der Waals surface area contributed by atoms with E-state index in [9.17, 15) is 14.7 Å². The maximum absolute atomic E-state index is 11.7. The third-order valence-corrected chi connectivity index (χ3v) is 3.11. The molecule has 1 aliphatic rings. The van der Waals surface area contributed by atoms with E-state index >= 15 is 0 Å². The molecule has 18 heavy (non-hydrogen) atoms. The Morgan fingerprint density at radius 1 is 1.44 bits per heavy atom. The molecule has 1 fully saturated rings. The van der Waals surface area contributed by atoms with Crippen LogP contribution in [0, 0.1) is 0 Å².